The monoisotopic (exact) mass is 663 g/mol. The molecule has 0 aromatic carbocycles. The SMILES string of the molecule is CCCCCCCCCCCCCCCCC(=O)O[C@@H](CO)COC(=O)CCC[C@@H](O)/C=C/C=C\C/C=C\C=C\[C@@H](O)CCCCC. The first-order valence-electron chi connectivity index (χ1n) is 18.9. The zero-order chi connectivity index (χ0) is 34.6. The van der Waals surface area contributed by atoms with Crippen LogP contribution in [0.15, 0.2) is 48.6 Å². The van der Waals surface area contributed by atoms with Crippen LogP contribution in [0.4, 0.5) is 0 Å². The van der Waals surface area contributed by atoms with Crippen LogP contribution in [0.3, 0.4) is 0 Å². The Balaban J connectivity index is 3.83. The molecule has 0 rings (SSSR count). The molecule has 0 aliphatic heterocycles. The quantitative estimate of drug-likeness (QED) is 0.0364. The van der Waals surface area contributed by atoms with E-state index >= 15 is 0 Å². The minimum absolute atomic E-state index is 0.136. The molecule has 0 aromatic heterocycles. The Morgan fingerprint density at radius 2 is 1.02 bits per heavy atom. The molecule has 3 N–H and O–H groups in total. The number of hydrogen-bond acceptors (Lipinski definition) is 7. The summed E-state index contributed by atoms with van der Waals surface area (Å²) in [7, 11) is 0. The number of rotatable bonds is 33. The highest BCUT2D eigenvalue weighted by atomic mass is 16.6. The third-order valence-electron chi connectivity index (χ3n) is 8.08. The number of carbonyl (C=O) groups is 2. The first-order chi connectivity index (χ1) is 22.9. The van der Waals surface area contributed by atoms with E-state index in [-0.39, 0.29) is 25.1 Å². The van der Waals surface area contributed by atoms with Gasteiger partial charge in [0.15, 0.2) is 6.10 Å². The lowest BCUT2D eigenvalue weighted by atomic mass is 10.0. The van der Waals surface area contributed by atoms with Gasteiger partial charge < -0.3 is 24.8 Å². The third kappa shape index (κ3) is 33.5. The van der Waals surface area contributed by atoms with Crippen LogP contribution in [0.25, 0.3) is 0 Å². The van der Waals surface area contributed by atoms with E-state index in [9.17, 15) is 24.9 Å². The zero-order valence-electron chi connectivity index (χ0n) is 30.0. The summed E-state index contributed by atoms with van der Waals surface area (Å²) in [5, 5.41) is 29.5. The normalized spacial score (nSPS) is 14.1. The number of allylic oxidation sites excluding steroid dienone is 6. The van der Waals surface area contributed by atoms with Crippen molar-refractivity contribution in [2.24, 2.45) is 0 Å². The van der Waals surface area contributed by atoms with Crippen LogP contribution in [0, 0.1) is 0 Å². The van der Waals surface area contributed by atoms with Crippen molar-refractivity contribution in [3.05, 3.63) is 48.6 Å². The molecular formula is C40H70O7. The van der Waals surface area contributed by atoms with Crippen molar-refractivity contribution in [1.82, 2.24) is 0 Å². The van der Waals surface area contributed by atoms with Crippen molar-refractivity contribution in [1.29, 1.82) is 0 Å². The molecule has 3 atom stereocenters. The minimum atomic E-state index is -0.855. The fourth-order valence-corrected chi connectivity index (χ4v) is 5.12. The van der Waals surface area contributed by atoms with Crippen molar-refractivity contribution in [3.63, 3.8) is 0 Å². The molecule has 47 heavy (non-hydrogen) atoms. The molecule has 0 aromatic rings. The van der Waals surface area contributed by atoms with Crippen LogP contribution in [0.2, 0.25) is 0 Å². The Morgan fingerprint density at radius 3 is 1.53 bits per heavy atom. The fourth-order valence-electron chi connectivity index (χ4n) is 5.12. The Hall–Kier alpha value is -2.22. The first kappa shape index (κ1) is 44.8. The Morgan fingerprint density at radius 1 is 0.574 bits per heavy atom. The van der Waals surface area contributed by atoms with Gasteiger partial charge in [-0.1, -0.05) is 165 Å². The van der Waals surface area contributed by atoms with E-state index in [1.807, 2.05) is 36.5 Å². The number of aliphatic hydroxyl groups excluding tert-OH is 3. The second-order valence-electron chi connectivity index (χ2n) is 12.7. The number of esters is 2. The van der Waals surface area contributed by atoms with Crippen molar-refractivity contribution in [3.8, 4) is 0 Å². The number of hydrogen-bond donors (Lipinski definition) is 3. The molecule has 7 heteroatoms. The largest absolute Gasteiger partial charge is 0.462 e. The molecule has 272 valence electrons. The van der Waals surface area contributed by atoms with Crippen molar-refractivity contribution < 1.29 is 34.4 Å². The molecule has 0 unspecified atom stereocenters. The fraction of sp³-hybridized carbons (Fsp3) is 0.750. The summed E-state index contributed by atoms with van der Waals surface area (Å²) in [4.78, 5) is 24.2. The van der Waals surface area contributed by atoms with E-state index in [4.69, 9.17) is 9.47 Å². The molecule has 0 saturated carbocycles. The van der Waals surface area contributed by atoms with E-state index in [0.29, 0.717) is 19.3 Å². The average molecular weight is 663 g/mol. The molecular weight excluding hydrogens is 592 g/mol. The maximum absolute atomic E-state index is 12.1. The van der Waals surface area contributed by atoms with Gasteiger partial charge in [-0.2, -0.15) is 0 Å². The molecule has 0 heterocycles. The van der Waals surface area contributed by atoms with Gasteiger partial charge in [-0.25, -0.2) is 0 Å². The number of unbranched alkanes of at least 4 members (excludes halogenated alkanes) is 15. The number of ether oxygens (including phenoxy) is 2. The predicted octanol–water partition coefficient (Wildman–Crippen LogP) is 9.39. The summed E-state index contributed by atoms with van der Waals surface area (Å²) in [6.07, 6.45) is 36.7. The van der Waals surface area contributed by atoms with Crippen LogP contribution in [0.1, 0.15) is 162 Å². The van der Waals surface area contributed by atoms with Crippen LogP contribution in [0.5, 0.6) is 0 Å². The molecule has 0 amide bonds. The van der Waals surface area contributed by atoms with E-state index in [1.54, 1.807) is 12.2 Å². The molecule has 0 bridgehead atoms. The summed E-state index contributed by atoms with van der Waals surface area (Å²) in [5.41, 5.74) is 0. The van der Waals surface area contributed by atoms with Crippen LogP contribution < -0.4 is 0 Å². The minimum Gasteiger partial charge on any atom is -0.462 e. The van der Waals surface area contributed by atoms with Crippen molar-refractivity contribution in [2.75, 3.05) is 13.2 Å². The first-order valence-corrected chi connectivity index (χ1v) is 18.9. The maximum Gasteiger partial charge on any atom is 0.306 e. The van der Waals surface area contributed by atoms with Crippen LogP contribution in [-0.2, 0) is 19.1 Å². The second kappa shape index (κ2) is 35.1. The highest BCUT2D eigenvalue weighted by Gasteiger charge is 2.16. The smallest absolute Gasteiger partial charge is 0.306 e. The van der Waals surface area contributed by atoms with Gasteiger partial charge in [0.1, 0.15) is 6.61 Å². The molecule has 7 nitrogen and oxygen atoms in total. The summed E-state index contributed by atoms with van der Waals surface area (Å²) in [6, 6.07) is 0. The van der Waals surface area contributed by atoms with E-state index < -0.39 is 24.8 Å². The van der Waals surface area contributed by atoms with Gasteiger partial charge in [0.2, 0.25) is 0 Å². The molecule has 0 saturated heterocycles. The Bertz CT molecular complexity index is 832. The van der Waals surface area contributed by atoms with E-state index in [2.05, 4.69) is 13.8 Å². The van der Waals surface area contributed by atoms with E-state index in [0.717, 1.165) is 51.4 Å². The number of carbonyl (C=O) groups excluding carboxylic acids is 2. The van der Waals surface area contributed by atoms with Gasteiger partial charge in [0.25, 0.3) is 0 Å². The highest BCUT2D eigenvalue weighted by Crippen LogP contribution is 2.14. The summed E-state index contributed by atoms with van der Waals surface area (Å²) in [5.74, 6) is -0.819. The lowest BCUT2D eigenvalue weighted by Gasteiger charge is -2.16. The number of aliphatic hydroxyl groups is 3. The second-order valence-corrected chi connectivity index (χ2v) is 12.7. The summed E-state index contributed by atoms with van der Waals surface area (Å²) >= 11 is 0. The van der Waals surface area contributed by atoms with Crippen LogP contribution >= 0.6 is 0 Å². The zero-order valence-corrected chi connectivity index (χ0v) is 30.0. The van der Waals surface area contributed by atoms with Crippen molar-refractivity contribution >= 4 is 11.9 Å². The van der Waals surface area contributed by atoms with Gasteiger partial charge in [0, 0.05) is 12.8 Å². The van der Waals surface area contributed by atoms with Gasteiger partial charge in [-0.15, -0.1) is 0 Å². The molecule has 0 fully saturated rings. The lowest BCUT2D eigenvalue weighted by molar-refractivity contribution is -0.161. The van der Waals surface area contributed by atoms with Gasteiger partial charge in [-0.05, 0) is 32.1 Å². The Labute approximate surface area is 287 Å². The standard InChI is InChI=1S/C40H70O7/c1-3-5-7-8-9-10-11-12-13-14-15-19-22-26-32-40(45)47-38(34-41)35-46-39(44)33-27-31-37(43)30-25-21-18-16-17-20-24-29-36(42)28-23-6-4-2/h17-18,20-21,24-25,29-30,36-38,41-43H,3-16,19,22-23,26-28,31-35H2,1-2H3/b20-17-,21-18-,29-24+,30-25+/t36-,37-,38-/m0/s1. The maximum atomic E-state index is 12.1. The lowest BCUT2D eigenvalue weighted by Crippen LogP contribution is -2.28. The van der Waals surface area contributed by atoms with Gasteiger partial charge >= 0.3 is 11.9 Å². The summed E-state index contributed by atoms with van der Waals surface area (Å²) in [6.45, 7) is 3.83. The third-order valence-corrected chi connectivity index (χ3v) is 8.08. The highest BCUT2D eigenvalue weighted by molar-refractivity contribution is 5.70. The van der Waals surface area contributed by atoms with E-state index in [1.165, 1.54) is 70.6 Å². The molecule has 0 spiro atoms. The molecule has 0 radical (unpaired) electrons. The van der Waals surface area contributed by atoms with Crippen LogP contribution in [-0.4, -0.2) is 58.8 Å². The van der Waals surface area contributed by atoms with Gasteiger partial charge in [0.05, 0.1) is 18.8 Å². The molecule has 0 aliphatic rings. The van der Waals surface area contributed by atoms with Crippen molar-refractivity contribution in [2.45, 2.75) is 180 Å². The Kier molecular flexibility index (Phi) is 33.4. The molecule has 0 aliphatic carbocycles. The average Bonchev–Trinajstić information content (AvgIpc) is 3.06. The predicted molar refractivity (Wildman–Crippen MR) is 194 cm³/mol. The summed E-state index contributed by atoms with van der Waals surface area (Å²) < 4.78 is 10.5. The topological polar surface area (TPSA) is 113 Å². The van der Waals surface area contributed by atoms with Gasteiger partial charge in [-0.3, -0.25) is 9.59 Å².